The first kappa shape index (κ1) is 29.0. The van der Waals surface area contributed by atoms with Gasteiger partial charge in [0.1, 0.15) is 11.9 Å². The van der Waals surface area contributed by atoms with Crippen molar-refractivity contribution in [2.45, 2.75) is 96.2 Å². The van der Waals surface area contributed by atoms with Gasteiger partial charge in [-0.2, -0.15) is 5.10 Å². The van der Waals surface area contributed by atoms with E-state index in [2.05, 4.69) is 53.8 Å². The number of amides is 4. The van der Waals surface area contributed by atoms with Gasteiger partial charge in [-0.15, -0.1) is 0 Å². The molecule has 3 aromatic rings. The van der Waals surface area contributed by atoms with Gasteiger partial charge >= 0.3 is 6.03 Å². The lowest BCUT2D eigenvalue weighted by Crippen LogP contribution is -2.53. The van der Waals surface area contributed by atoms with E-state index >= 15 is 0 Å². The van der Waals surface area contributed by atoms with Crippen LogP contribution < -0.4 is 16.0 Å². The number of anilines is 2. The second-order valence-electron chi connectivity index (χ2n) is 13.5. The Labute approximate surface area is 253 Å². The van der Waals surface area contributed by atoms with Crippen LogP contribution in [0.5, 0.6) is 0 Å². The molecule has 3 aliphatic rings. The first-order chi connectivity index (χ1) is 20.5. The van der Waals surface area contributed by atoms with Gasteiger partial charge in [0.25, 0.3) is 0 Å². The third kappa shape index (κ3) is 6.31. The van der Waals surface area contributed by atoms with Crippen LogP contribution in [-0.2, 0) is 21.4 Å². The van der Waals surface area contributed by atoms with E-state index in [0.29, 0.717) is 24.6 Å². The number of nitrogens with one attached hydrogen (secondary N) is 3. The minimum Gasteiger partial charge on any atom is -0.344 e. The van der Waals surface area contributed by atoms with Crippen LogP contribution in [0.1, 0.15) is 76.1 Å². The third-order valence-corrected chi connectivity index (χ3v) is 9.11. The number of hydrogen-bond acceptors (Lipinski definition) is 4. The highest BCUT2D eigenvalue weighted by atomic mass is 16.2. The molecule has 2 bridgehead atoms. The van der Waals surface area contributed by atoms with E-state index in [0.717, 1.165) is 54.7 Å². The highest BCUT2D eigenvalue weighted by Gasteiger charge is 2.45. The predicted molar refractivity (Wildman–Crippen MR) is 167 cm³/mol. The number of aromatic nitrogens is 2. The van der Waals surface area contributed by atoms with Gasteiger partial charge in [0.05, 0.1) is 11.4 Å². The van der Waals surface area contributed by atoms with Crippen LogP contribution in [0.15, 0.2) is 54.6 Å². The largest absolute Gasteiger partial charge is 0.344 e. The molecule has 0 aliphatic carbocycles. The molecule has 3 aliphatic heterocycles. The summed E-state index contributed by atoms with van der Waals surface area (Å²) in [6.45, 7) is 8.35. The van der Waals surface area contributed by atoms with Crippen LogP contribution in [0, 0.1) is 12.8 Å². The number of rotatable bonds is 6. The second kappa shape index (κ2) is 11.5. The first-order valence-electron chi connectivity index (χ1n) is 15.5. The zero-order valence-corrected chi connectivity index (χ0v) is 25.5. The average molecular weight is 583 g/mol. The molecule has 9 heteroatoms. The van der Waals surface area contributed by atoms with Gasteiger partial charge in [0.2, 0.25) is 11.8 Å². The molecule has 3 fully saturated rings. The molecule has 2 aromatic carbocycles. The lowest BCUT2D eigenvalue weighted by molar-refractivity contribution is -0.139. The molecule has 3 N–H and O–H groups in total. The minimum atomic E-state index is -0.340. The summed E-state index contributed by atoms with van der Waals surface area (Å²) in [6, 6.07) is 17.9. The van der Waals surface area contributed by atoms with Crippen molar-refractivity contribution in [2.24, 2.45) is 5.92 Å². The number of fused-ring (bicyclic) bond motifs is 2. The van der Waals surface area contributed by atoms with Crippen LogP contribution in [-0.4, -0.2) is 50.7 Å². The Morgan fingerprint density at radius 3 is 2.23 bits per heavy atom. The van der Waals surface area contributed by atoms with Crippen molar-refractivity contribution in [2.75, 3.05) is 10.6 Å². The van der Waals surface area contributed by atoms with Crippen molar-refractivity contribution in [1.82, 2.24) is 20.0 Å². The Morgan fingerprint density at radius 2 is 1.63 bits per heavy atom. The van der Waals surface area contributed by atoms with Gasteiger partial charge in [0, 0.05) is 35.7 Å². The molecule has 3 atom stereocenters. The summed E-state index contributed by atoms with van der Waals surface area (Å²) in [5, 5.41) is 13.6. The van der Waals surface area contributed by atoms with E-state index in [4.69, 9.17) is 5.10 Å². The van der Waals surface area contributed by atoms with Crippen molar-refractivity contribution in [3.8, 4) is 5.69 Å². The van der Waals surface area contributed by atoms with E-state index in [9.17, 15) is 14.4 Å². The smallest absolute Gasteiger partial charge is 0.324 e. The molecule has 0 radical (unpaired) electrons. The number of carbonyl (C=O) groups excluding carboxylic acids is 3. The number of piperidine rings is 1. The Balaban J connectivity index is 1.06. The van der Waals surface area contributed by atoms with Gasteiger partial charge in [0.15, 0.2) is 0 Å². The third-order valence-electron chi connectivity index (χ3n) is 9.11. The normalized spacial score (nSPS) is 23.3. The summed E-state index contributed by atoms with van der Waals surface area (Å²) in [6.07, 6.45) is 6.10. The number of hydrogen-bond donors (Lipinski definition) is 3. The van der Waals surface area contributed by atoms with E-state index in [1.165, 1.54) is 5.56 Å². The molecule has 226 valence electrons. The van der Waals surface area contributed by atoms with Crippen LogP contribution in [0.3, 0.4) is 0 Å². The summed E-state index contributed by atoms with van der Waals surface area (Å²) in [7, 11) is 0. The fourth-order valence-corrected chi connectivity index (χ4v) is 6.85. The van der Waals surface area contributed by atoms with Crippen LogP contribution in [0.2, 0.25) is 0 Å². The van der Waals surface area contributed by atoms with Crippen LogP contribution >= 0.6 is 0 Å². The standard InChI is InChI=1S/C34H42N6O3/c1-21-5-11-25(12-6-21)40-30(20-29(38-40)34(2,3)4)37-33(43)35-24-9-7-22(8-10-24)17-23-18-26-13-14-27(19-23)39(26)32(42)28-15-16-31(41)36-28/h5-12,20,23,26-28H,13-19H2,1-4H3,(H,36,41)(H2,35,37,43)/t23?,26?,27?,28-/m1/s1. The number of benzene rings is 2. The van der Waals surface area contributed by atoms with E-state index in [1.807, 2.05) is 49.4 Å². The number of urea groups is 1. The van der Waals surface area contributed by atoms with E-state index < -0.39 is 0 Å². The molecule has 2 unspecified atom stereocenters. The van der Waals surface area contributed by atoms with Crippen molar-refractivity contribution in [1.29, 1.82) is 0 Å². The zero-order chi connectivity index (χ0) is 30.3. The molecule has 4 heterocycles. The quantitative estimate of drug-likeness (QED) is 0.346. The Bertz CT molecular complexity index is 1490. The molecule has 4 amide bonds. The molecule has 43 heavy (non-hydrogen) atoms. The molecule has 3 saturated heterocycles. The SMILES string of the molecule is Cc1ccc(-n2nc(C(C)(C)C)cc2NC(=O)Nc2ccc(CC3CC4CCC(C3)N4C(=O)[C@H]3CCC(=O)N3)cc2)cc1. The lowest BCUT2D eigenvalue weighted by atomic mass is 9.85. The summed E-state index contributed by atoms with van der Waals surface area (Å²) in [4.78, 5) is 39.9. The number of aryl methyl sites for hydroxylation is 1. The Hall–Kier alpha value is -4.14. The van der Waals surface area contributed by atoms with Gasteiger partial charge in [-0.05, 0) is 81.2 Å². The fourth-order valence-electron chi connectivity index (χ4n) is 6.85. The molecular formula is C34H42N6O3. The van der Waals surface area contributed by atoms with Crippen LogP contribution in [0.4, 0.5) is 16.3 Å². The highest BCUT2D eigenvalue weighted by Crippen LogP contribution is 2.40. The Kier molecular flexibility index (Phi) is 7.75. The van der Waals surface area contributed by atoms with Crippen molar-refractivity contribution >= 4 is 29.4 Å². The van der Waals surface area contributed by atoms with Crippen molar-refractivity contribution in [3.05, 3.63) is 71.4 Å². The molecule has 9 nitrogen and oxygen atoms in total. The van der Waals surface area contributed by atoms with Gasteiger partial charge in [-0.1, -0.05) is 50.6 Å². The van der Waals surface area contributed by atoms with Gasteiger partial charge < -0.3 is 15.5 Å². The van der Waals surface area contributed by atoms with Gasteiger partial charge in [-0.3, -0.25) is 14.9 Å². The Morgan fingerprint density at radius 1 is 0.953 bits per heavy atom. The topological polar surface area (TPSA) is 108 Å². The summed E-state index contributed by atoms with van der Waals surface area (Å²) < 4.78 is 1.78. The molecule has 1 aromatic heterocycles. The minimum absolute atomic E-state index is 0.0143. The maximum absolute atomic E-state index is 13.1. The monoisotopic (exact) mass is 582 g/mol. The summed E-state index contributed by atoms with van der Waals surface area (Å²) in [5.74, 6) is 1.22. The predicted octanol–water partition coefficient (Wildman–Crippen LogP) is 5.71. The van der Waals surface area contributed by atoms with Gasteiger partial charge in [-0.25, -0.2) is 9.48 Å². The highest BCUT2D eigenvalue weighted by molar-refractivity contribution is 5.99. The maximum Gasteiger partial charge on any atom is 0.324 e. The fraction of sp³-hybridized carbons (Fsp3) is 0.471. The summed E-state index contributed by atoms with van der Waals surface area (Å²) >= 11 is 0. The molecule has 0 spiro atoms. The molecular weight excluding hydrogens is 540 g/mol. The number of nitrogens with zero attached hydrogens (tertiary/aromatic N) is 3. The molecule has 0 saturated carbocycles. The second-order valence-corrected chi connectivity index (χ2v) is 13.5. The van der Waals surface area contributed by atoms with Crippen molar-refractivity contribution < 1.29 is 14.4 Å². The van der Waals surface area contributed by atoms with E-state index in [-0.39, 0.29) is 41.4 Å². The van der Waals surface area contributed by atoms with Crippen molar-refractivity contribution in [3.63, 3.8) is 0 Å². The zero-order valence-electron chi connectivity index (χ0n) is 25.5. The maximum atomic E-state index is 13.1. The molecule has 6 rings (SSSR count). The first-order valence-corrected chi connectivity index (χ1v) is 15.5. The van der Waals surface area contributed by atoms with Crippen LogP contribution in [0.25, 0.3) is 5.69 Å². The van der Waals surface area contributed by atoms with E-state index in [1.54, 1.807) is 4.68 Å². The average Bonchev–Trinajstić information content (AvgIpc) is 3.66. The lowest BCUT2D eigenvalue weighted by Gasteiger charge is -2.40. The number of carbonyl (C=O) groups is 3. The summed E-state index contributed by atoms with van der Waals surface area (Å²) in [5.41, 5.74) is 4.71.